The number of hydrogen-bond acceptors (Lipinski definition) is 5. The zero-order valence-corrected chi connectivity index (χ0v) is 10.7. The van der Waals surface area contributed by atoms with E-state index in [9.17, 15) is 24.4 Å². The van der Waals surface area contributed by atoms with Gasteiger partial charge in [0.25, 0.3) is 11.6 Å². The quantitative estimate of drug-likeness (QED) is 0.607. The Morgan fingerprint density at radius 1 is 1.55 bits per heavy atom. The molecule has 1 fully saturated rings. The molecule has 1 aliphatic heterocycles. The molecule has 0 unspecified atom stereocenters. The van der Waals surface area contributed by atoms with E-state index in [0.29, 0.717) is 13.1 Å². The van der Waals surface area contributed by atoms with Gasteiger partial charge in [0.15, 0.2) is 0 Å². The van der Waals surface area contributed by atoms with Crippen molar-refractivity contribution in [3.8, 4) is 0 Å². The van der Waals surface area contributed by atoms with Gasteiger partial charge in [0.1, 0.15) is 5.82 Å². The third-order valence-corrected chi connectivity index (χ3v) is 3.36. The summed E-state index contributed by atoms with van der Waals surface area (Å²) in [5.74, 6) is -1.52. The summed E-state index contributed by atoms with van der Waals surface area (Å²) in [4.78, 5) is 23.4. The van der Waals surface area contributed by atoms with Crippen LogP contribution in [-0.2, 0) is 0 Å². The Kier molecular flexibility index (Phi) is 3.96. The zero-order chi connectivity index (χ0) is 14.9. The molecule has 2 N–H and O–H groups in total. The first-order chi connectivity index (χ1) is 9.41. The highest BCUT2D eigenvalue weighted by atomic mass is 19.1. The molecule has 2 atom stereocenters. The lowest BCUT2D eigenvalue weighted by Crippen LogP contribution is -2.44. The number of carbonyl (C=O) groups is 1. The van der Waals surface area contributed by atoms with Gasteiger partial charge in [0.2, 0.25) is 0 Å². The molecule has 1 aliphatic rings. The van der Waals surface area contributed by atoms with E-state index < -0.39 is 28.8 Å². The van der Waals surface area contributed by atoms with Crippen LogP contribution in [-0.4, -0.2) is 53.1 Å². The van der Waals surface area contributed by atoms with Crippen molar-refractivity contribution in [2.24, 2.45) is 0 Å². The van der Waals surface area contributed by atoms with Crippen LogP contribution in [0.4, 0.5) is 10.1 Å². The summed E-state index contributed by atoms with van der Waals surface area (Å²) in [7, 11) is 1.43. The minimum absolute atomic E-state index is 0.347. The zero-order valence-electron chi connectivity index (χ0n) is 10.7. The molecule has 0 aromatic heterocycles. The number of β-amino-alcohol motifs (C(OH)–C–C–N with tert-alkyl or cyclic N) is 1. The van der Waals surface area contributed by atoms with Crippen molar-refractivity contribution in [1.29, 1.82) is 0 Å². The van der Waals surface area contributed by atoms with Crippen molar-refractivity contribution in [2.75, 3.05) is 20.1 Å². The lowest BCUT2D eigenvalue weighted by molar-refractivity contribution is -0.384. The number of nitrogens with one attached hydrogen (secondary N) is 1. The van der Waals surface area contributed by atoms with Crippen LogP contribution in [0.1, 0.15) is 10.4 Å². The maximum absolute atomic E-state index is 13.7. The Labute approximate surface area is 114 Å². The van der Waals surface area contributed by atoms with E-state index in [1.807, 2.05) is 0 Å². The Hall–Kier alpha value is -2.06. The number of halogens is 1. The van der Waals surface area contributed by atoms with Crippen LogP contribution in [0.3, 0.4) is 0 Å². The van der Waals surface area contributed by atoms with Gasteiger partial charge in [-0.05, 0) is 6.07 Å². The average Bonchev–Trinajstić information content (AvgIpc) is 2.83. The van der Waals surface area contributed by atoms with E-state index in [1.54, 1.807) is 0 Å². The minimum Gasteiger partial charge on any atom is -0.390 e. The number of aliphatic hydroxyl groups excluding tert-OH is 1. The first-order valence-electron chi connectivity index (χ1n) is 6.01. The largest absolute Gasteiger partial charge is 0.390 e. The number of aliphatic hydroxyl groups is 1. The van der Waals surface area contributed by atoms with Gasteiger partial charge < -0.3 is 15.3 Å². The van der Waals surface area contributed by atoms with E-state index in [2.05, 4.69) is 5.32 Å². The number of hydrogen-bond donors (Lipinski definition) is 2. The molecule has 1 heterocycles. The lowest BCUT2D eigenvalue weighted by Gasteiger charge is -2.26. The number of nitro benzene ring substituents is 1. The molecule has 108 valence electrons. The molecule has 1 aromatic carbocycles. The van der Waals surface area contributed by atoms with Crippen molar-refractivity contribution in [2.45, 2.75) is 12.1 Å². The molecular formula is C12H14FN3O4. The molecule has 2 rings (SSSR count). The first kappa shape index (κ1) is 14.4. The summed E-state index contributed by atoms with van der Waals surface area (Å²) in [6, 6.07) is 2.31. The van der Waals surface area contributed by atoms with E-state index in [-0.39, 0.29) is 11.3 Å². The Bertz CT molecular complexity index is 552. The molecule has 0 bridgehead atoms. The van der Waals surface area contributed by atoms with Crippen LogP contribution in [0.25, 0.3) is 0 Å². The topological polar surface area (TPSA) is 95.7 Å². The third-order valence-electron chi connectivity index (χ3n) is 3.36. The fourth-order valence-electron chi connectivity index (χ4n) is 2.18. The van der Waals surface area contributed by atoms with Crippen molar-refractivity contribution in [3.63, 3.8) is 0 Å². The number of carbonyl (C=O) groups excluding carboxylic acids is 1. The second-order valence-electron chi connectivity index (χ2n) is 4.63. The summed E-state index contributed by atoms with van der Waals surface area (Å²) in [5.41, 5.74) is -0.728. The maximum Gasteiger partial charge on any atom is 0.270 e. The lowest BCUT2D eigenvalue weighted by atomic mass is 10.1. The molecule has 0 aliphatic carbocycles. The number of nitro groups is 1. The fraction of sp³-hybridized carbons (Fsp3) is 0.417. The summed E-state index contributed by atoms with van der Waals surface area (Å²) in [6.07, 6.45) is -0.745. The summed E-state index contributed by atoms with van der Waals surface area (Å²) in [5, 5.41) is 23.3. The number of nitrogens with zero attached hydrogens (tertiary/aromatic N) is 2. The van der Waals surface area contributed by atoms with Crippen molar-refractivity contribution >= 4 is 11.6 Å². The molecule has 0 radical (unpaired) electrons. The molecular weight excluding hydrogens is 269 g/mol. The Morgan fingerprint density at radius 2 is 2.25 bits per heavy atom. The molecule has 1 saturated heterocycles. The summed E-state index contributed by atoms with van der Waals surface area (Å²) >= 11 is 0. The van der Waals surface area contributed by atoms with Crippen LogP contribution < -0.4 is 5.32 Å². The van der Waals surface area contributed by atoms with Gasteiger partial charge in [0, 0.05) is 32.3 Å². The Morgan fingerprint density at radius 3 is 2.80 bits per heavy atom. The molecule has 1 aromatic rings. The first-order valence-corrected chi connectivity index (χ1v) is 6.01. The van der Waals surface area contributed by atoms with Crippen molar-refractivity contribution in [3.05, 3.63) is 39.7 Å². The number of non-ortho nitro benzene ring substituents is 1. The molecule has 0 spiro atoms. The molecule has 1 amide bonds. The number of benzene rings is 1. The van der Waals surface area contributed by atoms with Gasteiger partial charge in [-0.1, -0.05) is 0 Å². The number of rotatable bonds is 3. The molecule has 20 heavy (non-hydrogen) atoms. The van der Waals surface area contributed by atoms with Gasteiger partial charge >= 0.3 is 0 Å². The third kappa shape index (κ3) is 2.61. The maximum atomic E-state index is 13.7. The van der Waals surface area contributed by atoms with Crippen LogP contribution in [0.15, 0.2) is 18.2 Å². The highest BCUT2D eigenvalue weighted by molar-refractivity contribution is 5.95. The monoisotopic (exact) mass is 283 g/mol. The van der Waals surface area contributed by atoms with Gasteiger partial charge in [-0.3, -0.25) is 14.9 Å². The van der Waals surface area contributed by atoms with E-state index in [0.717, 1.165) is 18.2 Å². The van der Waals surface area contributed by atoms with Crippen LogP contribution in [0, 0.1) is 15.9 Å². The number of likely N-dealkylation sites (N-methyl/N-ethyl adjacent to an activating group) is 1. The fourth-order valence-corrected chi connectivity index (χ4v) is 2.18. The smallest absolute Gasteiger partial charge is 0.270 e. The van der Waals surface area contributed by atoms with Crippen LogP contribution in [0.5, 0.6) is 0 Å². The molecule has 8 heteroatoms. The highest BCUT2D eigenvalue weighted by Crippen LogP contribution is 2.20. The van der Waals surface area contributed by atoms with E-state index in [4.69, 9.17) is 0 Å². The Balaban J connectivity index is 2.28. The molecule has 0 saturated carbocycles. The second-order valence-corrected chi connectivity index (χ2v) is 4.63. The predicted molar refractivity (Wildman–Crippen MR) is 67.8 cm³/mol. The van der Waals surface area contributed by atoms with E-state index in [1.165, 1.54) is 11.9 Å². The van der Waals surface area contributed by atoms with Crippen LogP contribution in [0.2, 0.25) is 0 Å². The summed E-state index contributed by atoms with van der Waals surface area (Å²) in [6.45, 7) is 0.736. The number of amides is 1. The minimum atomic E-state index is -0.826. The van der Waals surface area contributed by atoms with Crippen molar-refractivity contribution < 1.29 is 19.2 Å². The standard InChI is InChI=1S/C12H14FN3O4/c1-15(10-5-14-6-11(10)17)12(18)8-4-7(16(19)20)2-3-9(8)13/h2-4,10-11,14,17H,5-6H2,1H3/t10-,11-/m0/s1. The summed E-state index contributed by atoms with van der Waals surface area (Å²) < 4.78 is 13.7. The normalized spacial score (nSPS) is 21.8. The second kappa shape index (κ2) is 5.51. The van der Waals surface area contributed by atoms with Crippen LogP contribution >= 0.6 is 0 Å². The van der Waals surface area contributed by atoms with Crippen molar-refractivity contribution in [1.82, 2.24) is 10.2 Å². The van der Waals surface area contributed by atoms with Gasteiger partial charge in [-0.25, -0.2) is 4.39 Å². The van der Waals surface area contributed by atoms with Gasteiger partial charge in [-0.15, -0.1) is 0 Å². The average molecular weight is 283 g/mol. The van der Waals surface area contributed by atoms with Gasteiger partial charge in [0.05, 0.1) is 22.6 Å². The van der Waals surface area contributed by atoms with E-state index >= 15 is 0 Å². The molecule has 7 nitrogen and oxygen atoms in total. The highest BCUT2D eigenvalue weighted by Gasteiger charge is 2.32. The van der Waals surface area contributed by atoms with Gasteiger partial charge in [-0.2, -0.15) is 0 Å². The SMILES string of the molecule is CN(C(=O)c1cc([N+](=O)[O-])ccc1F)[C@H]1CNC[C@@H]1O. The predicted octanol–water partition coefficient (Wildman–Crippen LogP) is 0.139.